The number of aryl methyl sites for hydroxylation is 1. The minimum absolute atomic E-state index is 0.132. The first-order chi connectivity index (χ1) is 8.09. The van der Waals surface area contributed by atoms with Crippen molar-refractivity contribution in [1.29, 1.82) is 5.26 Å². The van der Waals surface area contributed by atoms with Gasteiger partial charge >= 0.3 is 0 Å². The molecule has 3 N–H and O–H groups in total. The number of benzene rings is 1. The molecule has 0 saturated carbocycles. The van der Waals surface area contributed by atoms with Crippen molar-refractivity contribution in [3.8, 4) is 6.26 Å². The van der Waals surface area contributed by atoms with Crippen molar-refractivity contribution >= 4 is 0 Å². The molecule has 0 amide bonds. The summed E-state index contributed by atoms with van der Waals surface area (Å²) in [6, 6.07) is 8.53. The molecule has 0 aliphatic carbocycles. The molecule has 0 aliphatic rings. The van der Waals surface area contributed by atoms with Gasteiger partial charge in [0.2, 0.25) is 0 Å². The molecule has 0 bridgehead atoms. The van der Waals surface area contributed by atoms with Crippen molar-refractivity contribution in [1.82, 2.24) is 0 Å². The average molecular weight is 234 g/mol. The van der Waals surface area contributed by atoms with Crippen LogP contribution >= 0.6 is 0 Å². The lowest BCUT2D eigenvalue weighted by molar-refractivity contribution is 0.409. The third kappa shape index (κ3) is 4.08. The highest BCUT2D eigenvalue weighted by Crippen LogP contribution is 2.28. The third-order valence-electron chi connectivity index (χ3n) is 3.20. The molecule has 0 spiro atoms. The second kappa shape index (κ2) is 7.70. The number of hydrogen-bond acceptors (Lipinski definition) is 3. The number of nitrogens with zero attached hydrogens (tertiary/aromatic N) is 1. The molecule has 0 aliphatic heterocycles. The Labute approximate surface area is 104 Å². The summed E-state index contributed by atoms with van der Waals surface area (Å²) in [6.07, 6.45) is 3.82. The van der Waals surface area contributed by atoms with E-state index < -0.39 is 0 Å². The maximum Gasteiger partial charge on any atom is 0.283 e. The van der Waals surface area contributed by atoms with Crippen LogP contribution in [0.2, 0.25) is 0 Å². The quantitative estimate of drug-likeness (QED) is 0.786. The van der Waals surface area contributed by atoms with E-state index in [-0.39, 0.29) is 5.54 Å². The van der Waals surface area contributed by atoms with Gasteiger partial charge in [0, 0.05) is 5.54 Å². The van der Waals surface area contributed by atoms with Crippen LogP contribution in [0.1, 0.15) is 44.7 Å². The first kappa shape index (κ1) is 15.5. The number of rotatable bonds is 4. The van der Waals surface area contributed by atoms with Crippen LogP contribution in [0, 0.1) is 11.5 Å². The van der Waals surface area contributed by atoms with E-state index in [1.54, 1.807) is 0 Å². The van der Waals surface area contributed by atoms with Crippen LogP contribution in [-0.4, -0.2) is 5.11 Å². The molecular formula is C14H22N2O. The summed E-state index contributed by atoms with van der Waals surface area (Å²) in [5.41, 5.74) is 8.98. The van der Waals surface area contributed by atoms with E-state index in [2.05, 4.69) is 45.0 Å². The summed E-state index contributed by atoms with van der Waals surface area (Å²) in [4.78, 5) is 0. The normalized spacial score (nSPS) is 10.1. The fraction of sp³-hybridized carbons (Fsp3) is 0.500. The maximum absolute atomic E-state index is 6.88. The molecular weight excluding hydrogens is 212 g/mol. The second-order valence-corrected chi connectivity index (χ2v) is 3.97. The zero-order valence-electron chi connectivity index (χ0n) is 10.9. The lowest BCUT2D eigenvalue weighted by atomic mass is 9.82. The molecule has 0 unspecified atom stereocenters. The molecule has 1 aromatic rings. The van der Waals surface area contributed by atoms with Gasteiger partial charge in [0.05, 0.1) is 0 Å². The number of hydrogen-bond donors (Lipinski definition) is 2. The van der Waals surface area contributed by atoms with Crippen molar-refractivity contribution in [2.45, 2.75) is 45.6 Å². The Kier molecular flexibility index (Phi) is 7.00. The lowest BCUT2D eigenvalue weighted by Crippen LogP contribution is -2.36. The van der Waals surface area contributed by atoms with Gasteiger partial charge in [0.25, 0.3) is 6.26 Å². The van der Waals surface area contributed by atoms with E-state index in [0.717, 1.165) is 25.5 Å². The molecule has 0 atom stereocenters. The van der Waals surface area contributed by atoms with Gasteiger partial charge in [-0.25, -0.2) is 0 Å². The monoisotopic (exact) mass is 234 g/mol. The largest absolute Gasteiger partial charge is 0.443 e. The maximum atomic E-state index is 6.88. The predicted molar refractivity (Wildman–Crippen MR) is 69.8 cm³/mol. The molecule has 0 aromatic heterocycles. The summed E-state index contributed by atoms with van der Waals surface area (Å²) in [6.45, 7) is 6.51. The van der Waals surface area contributed by atoms with Crippen LogP contribution < -0.4 is 5.73 Å². The van der Waals surface area contributed by atoms with Crippen molar-refractivity contribution in [3.63, 3.8) is 0 Å². The highest BCUT2D eigenvalue weighted by molar-refractivity contribution is 5.33. The molecule has 3 nitrogen and oxygen atoms in total. The summed E-state index contributed by atoms with van der Waals surface area (Å²) in [5, 5.41) is 13.8. The van der Waals surface area contributed by atoms with Crippen molar-refractivity contribution in [3.05, 3.63) is 35.4 Å². The average Bonchev–Trinajstić information content (AvgIpc) is 2.38. The SMILES string of the molecule is CCc1ccccc1C(N)(CC)CC.N#CO. The minimum atomic E-state index is -0.132. The molecule has 0 radical (unpaired) electrons. The van der Waals surface area contributed by atoms with E-state index in [9.17, 15) is 0 Å². The molecule has 1 aromatic carbocycles. The Morgan fingerprint density at radius 2 is 1.71 bits per heavy atom. The van der Waals surface area contributed by atoms with Crippen LogP contribution in [-0.2, 0) is 12.0 Å². The second-order valence-electron chi connectivity index (χ2n) is 3.97. The molecule has 1 rings (SSSR count). The lowest BCUT2D eigenvalue weighted by Gasteiger charge is -2.29. The van der Waals surface area contributed by atoms with Crippen molar-refractivity contribution < 1.29 is 5.11 Å². The predicted octanol–water partition coefficient (Wildman–Crippen LogP) is 3.06. The zero-order valence-corrected chi connectivity index (χ0v) is 10.9. The smallest absolute Gasteiger partial charge is 0.283 e. The standard InChI is InChI=1S/C13H21N.CHNO/c1-4-11-9-7-8-10-12(11)13(14,5-2)6-3;2-1-3/h7-10H,4-6,14H2,1-3H3;3H. The molecule has 3 heteroatoms. The van der Waals surface area contributed by atoms with Crippen molar-refractivity contribution in [2.24, 2.45) is 5.73 Å². The summed E-state index contributed by atoms with van der Waals surface area (Å²) in [5.74, 6) is 0. The molecule has 0 heterocycles. The van der Waals surface area contributed by atoms with Crippen LogP contribution in [0.4, 0.5) is 0 Å². The minimum Gasteiger partial charge on any atom is -0.443 e. The highest BCUT2D eigenvalue weighted by Gasteiger charge is 2.24. The van der Waals surface area contributed by atoms with Gasteiger partial charge in [-0.05, 0) is 30.4 Å². The van der Waals surface area contributed by atoms with E-state index in [0.29, 0.717) is 0 Å². The van der Waals surface area contributed by atoms with Crippen LogP contribution in [0.3, 0.4) is 0 Å². The Morgan fingerprint density at radius 1 is 1.24 bits per heavy atom. The van der Waals surface area contributed by atoms with Crippen LogP contribution in [0.25, 0.3) is 0 Å². The Balaban J connectivity index is 0.000000770. The molecule has 0 fully saturated rings. The van der Waals surface area contributed by atoms with Gasteiger partial charge < -0.3 is 10.8 Å². The first-order valence-electron chi connectivity index (χ1n) is 6.00. The number of aliphatic hydroxyl groups excluding tert-OH is 1. The first-order valence-corrected chi connectivity index (χ1v) is 6.00. The van der Waals surface area contributed by atoms with Gasteiger partial charge in [-0.2, -0.15) is 5.26 Å². The van der Waals surface area contributed by atoms with Crippen molar-refractivity contribution in [2.75, 3.05) is 0 Å². The molecule has 94 valence electrons. The number of nitrogens with two attached hydrogens (primary N) is 1. The fourth-order valence-corrected chi connectivity index (χ4v) is 1.95. The summed E-state index contributed by atoms with van der Waals surface area (Å²) < 4.78 is 0. The Bertz CT molecular complexity index is 365. The third-order valence-corrected chi connectivity index (χ3v) is 3.20. The van der Waals surface area contributed by atoms with Gasteiger partial charge in [0.15, 0.2) is 0 Å². The number of aliphatic hydroxyl groups is 1. The van der Waals surface area contributed by atoms with Gasteiger partial charge in [-0.3, -0.25) is 0 Å². The Morgan fingerprint density at radius 3 is 2.12 bits per heavy atom. The van der Waals surface area contributed by atoms with Gasteiger partial charge in [-0.1, -0.05) is 45.0 Å². The summed E-state index contributed by atoms with van der Waals surface area (Å²) >= 11 is 0. The number of nitriles is 1. The van der Waals surface area contributed by atoms with Crippen LogP contribution in [0.5, 0.6) is 0 Å². The van der Waals surface area contributed by atoms with Gasteiger partial charge in [0.1, 0.15) is 0 Å². The zero-order chi connectivity index (χ0) is 13.3. The molecule has 17 heavy (non-hydrogen) atoms. The topological polar surface area (TPSA) is 70.0 Å². The van der Waals surface area contributed by atoms with E-state index in [1.807, 2.05) is 0 Å². The van der Waals surface area contributed by atoms with Crippen LogP contribution in [0.15, 0.2) is 24.3 Å². The molecule has 0 saturated heterocycles. The summed E-state index contributed by atoms with van der Waals surface area (Å²) in [7, 11) is 0. The van der Waals surface area contributed by atoms with E-state index >= 15 is 0 Å². The fourth-order valence-electron chi connectivity index (χ4n) is 1.95. The van der Waals surface area contributed by atoms with E-state index in [4.69, 9.17) is 16.1 Å². The van der Waals surface area contributed by atoms with Gasteiger partial charge in [-0.15, -0.1) is 0 Å². The van der Waals surface area contributed by atoms with E-state index in [1.165, 1.54) is 11.1 Å². The Hall–Kier alpha value is -1.53. The highest BCUT2D eigenvalue weighted by atomic mass is 16.2.